The zero-order valence-electron chi connectivity index (χ0n) is 12.2. The normalized spacial score (nSPS) is 23.4. The van der Waals surface area contributed by atoms with E-state index in [0.29, 0.717) is 25.3 Å². The Bertz CT molecular complexity index is 463. The van der Waals surface area contributed by atoms with Crippen LogP contribution < -0.4 is 0 Å². The summed E-state index contributed by atoms with van der Waals surface area (Å²) in [7, 11) is 0. The van der Waals surface area contributed by atoms with E-state index in [9.17, 15) is 9.90 Å². The number of nitrogens with zero attached hydrogens (tertiary/aromatic N) is 4. The summed E-state index contributed by atoms with van der Waals surface area (Å²) in [5, 5.41) is 18.4. The second-order valence-corrected chi connectivity index (χ2v) is 6.52. The van der Waals surface area contributed by atoms with E-state index in [1.54, 1.807) is 6.33 Å². The molecule has 1 aliphatic heterocycles. The van der Waals surface area contributed by atoms with Gasteiger partial charge in [-0.1, -0.05) is 18.7 Å². The van der Waals surface area contributed by atoms with Crippen molar-refractivity contribution in [2.75, 3.05) is 18.8 Å². The lowest BCUT2D eigenvalue weighted by atomic mass is 9.97. The maximum absolute atomic E-state index is 12.2. The van der Waals surface area contributed by atoms with Crippen LogP contribution in [0.1, 0.15) is 33.2 Å². The molecule has 1 aromatic rings. The zero-order valence-corrected chi connectivity index (χ0v) is 13.0. The van der Waals surface area contributed by atoms with E-state index in [1.165, 1.54) is 11.8 Å². The van der Waals surface area contributed by atoms with Crippen molar-refractivity contribution in [3.05, 3.63) is 6.33 Å². The number of carbonyl (C=O) groups is 1. The van der Waals surface area contributed by atoms with Gasteiger partial charge in [-0.25, -0.2) is 0 Å². The molecule has 2 rings (SSSR count). The molecule has 1 fully saturated rings. The minimum Gasteiger partial charge on any atom is -0.393 e. The summed E-state index contributed by atoms with van der Waals surface area (Å²) >= 11 is 1.42. The summed E-state index contributed by atoms with van der Waals surface area (Å²) < 4.78 is 1.96. The number of hydrogen-bond donors (Lipinski definition) is 1. The third-order valence-electron chi connectivity index (χ3n) is 3.63. The fourth-order valence-electron chi connectivity index (χ4n) is 2.27. The molecule has 7 heteroatoms. The number of aliphatic hydroxyl groups is 1. The van der Waals surface area contributed by atoms with Crippen LogP contribution in [-0.4, -0.2) is 55.6 Å². The molecule has 0 aliphatic carbocycles. The van der Waals surface area contributed by atoms with Crippen molar-refractivity contribution < 1.29 is 9.90 Å². The highest BCUT2D eigenvalue weighted by Gasteiger charge is 2.27. The van der Waals surface area contributed by atoms with Gasteiger partial charge in [-0.3, -0.25) is 4.79 Å². The van der Waals surface area contributed by atoms with Crippen molar-refractivity contribution in [1.29, 1.82) is 0 Å². The van der Waals surface area contributed by atoms with Crippen LogP contribution in [0, 0.1) is 5.92 Å². The highest BCUT2D eigenvalue weighted by atomic mass is 32.2. The first kappa shape index (κ1) is 15.3. The summed E-state index contributed by atoms with van der Waals surface area (Å²) in [4.78, 5) is 14.0. The van der Waals surface area contributed by atoms with Gasteiger partial charge in [0, 0.05) is 19.1 Å². The van der Waals surface area contributed by atoms with Crippen LogP contribution in [0.5, 0.6) is 0 Å². The Balaban J connectivity index is 1.87. The number of amides is 1. The standard InChI is InChI=1S/C13H22N4O2S/c1-9(2)17-8-14-15-13(17)20-7-12(19)16-5-4-11(18)10(3)6-16/h8-11,18H,4-7H2,1-3H3. The van der Waals surface area contributed by atoms with E-state index in [4.69, 9.17) is 0 Å². The fourth-order valence-corrected chi connectivity index (χ4v) is 3.21. The SMILES string of the molecule is CC1CN(C(=O)CSc2nncn2C(C)C)CCC1O. The molecule has 1 N–H and O–H groups in total. The second-order valence-electron chi connectivity index (χ2n) is 5.58. The number of piperidine rings is 1. The van der Waals surface area contributed by atoms with Gasteiger partial charge in [0.25, 0.3) is 0 Å². The highest BCUT2D eigenvalue weighted by molar-refractivity contribution is 7.99. The molecule has 0 spiro atoms. The van der Waals surface area contributed by atoms with E-state index < -0.39 is 0 Å². The maximum atomic E-state index is 12.2. The Morgan fingerprint density at radius 3 is 3.00 bits per heavy atom. The lowest BCUT2D eigenvalue weighted by Crippen LogP contribution is -2.45. The van der Waals surface area contributed by atoms with E-state index >= 15 is 0 Å². The van der Waals surface area contributed by atoms with E-state index in [-0.39, 0.29) is 24.0 Å². The van der Waals surface area contributed by atoms with Crippen LogP contribution in [0.3, 0.4) is 0 Å². The van der Waals surface area contributed by atoms with Gasteiger partial charge in [0.05, 0.1) is 11.9 Å². The number of likely N-dealkylation sites (tertiary alicyclic amines) is 1. The molecule has 1 aromatic heterocycles. The second kappa shape index (κ2) is 6.58. The Labute approximate surface area is 123 Å². The number of thioether (sulfide) groups is 1. The summed E-state index contributed by atoms with van der Waals surface area (Å²) in [6, 6.07) is 0.285. The smallest absolute Gasteiger partial charge is 0.233 e. The minimum absolute atomic E-state index is 0.104. The molecule has 2 unspecified atom stereocenters. The van der Waals surface area contributed by atoms with Crippen molar-refractivity contribution in [3.8, 4) is 0 Å². The Morgan fingerprint density at radius 1 is 1.60 bits per heavy atom. The third-order valence-corrected chi connectivity index (χ3v) is 4.58. The lowest BCUT2D eigenvalue weighted by molar-refractivity contribution is -0.131. The molecule has 0 saturated carbocycles. The molecule has 112 valence electrons. The summed E-state index contributed by atoms with van der Waals surface area (Å²) in [6.45, 7) is 7.37. The van der Waals surface area contributed by atoms with Crippen LogP contribution in [-0.2, 0) is 4.79 Å². The first-order valence-electron chi connectivity index (χ1n) is 6.97. The molecule has 2 heterocycles. The van der Waals surface area contributed by atoms with Crippen molar-refractivity contribution >= 4 is 17.7 Å². The first-order chi connectivity index (χ1) is 9.49. The summed E-state index contributed by atoms with van der Waals surface area (Å²) in [5.74, 6) is 0.623. The predicted octanol–water partition coefficient (Wildman–Crippen LogP) is 1.18. The van der Waals surface area contributed by atoms with Gasteiger partial charge in [0.1, 0.15) is 6.33 Å². The van der Waals surface area contributed by atoms with Crippen LogP contribution in [0.15, 0.2) is 11.5 Å². The zero-order chi connectivity index (χ0) is 14.7. The maximum Gasteiger partial charge on any atom is 0.233 e. The Morgan fingerprint density at radius 2 is 2.35 bits per heavy atom. The van der Waals surface area contributed by atoms with E-state index in [0.717, 1.165) is 5.16 Å². The number of carbonyl (C=O) groups excluding carboxylic acids is 1. The molecule has 20 heavy (non-hydrogen) atoms. The van der Waals surface area contributed by atoms with E-state index in [1.807, 2.05) is 16.4 Å². The highest BCUT2D eigenvalue weighted by Crippen LogP contribution is 2.21. The quantitative estimate of drug-likeness (QED) is 0.845. The molecular formula is C13H22N4O2S. The lowest BCUT2D eigenvalue weighted by Gasteiger charge is -2.34. The Hall–Kier alpha value is -1.08. The van der Waals surface area contributed by atoms with Crippen LogP contribution >= 0.6 is 11.8 Å². The number of hydrogen-bond acceptors (Lipinski definition) is 5. The monoisotopic (exact) mass is 298 g/mol. The van der Waals surface area contributed by atoms with Gasteiger partial charge >= 0.3 is 0 Å². The van der Waals surface area contributed by atoms with Crippen LogP contribution in [0.2, 0.25) is 0 Å². The van der Waals surface area contributed by atoms with Crippen molar-refractivity contribution in [1.82, 2.24) is 19.7 Å². The molecule has 6 nitrogen and oxygen atoms in total. The first-order valence-corrected chi connectivity index (χ1v) is 7.95. The topological polar surface area (TPSA) is 71.2 Å². The van der Waals surface area contributed by atoms with Crippen LogP contribution in [0.4, 0.5) is 0 Å². The van der Waals surface area contributed by atoms with E-state index in [2.05, 4.69) is 24.0 Å². The van der Waals surface area contributed by atoms with Gasteiger partial charge in [-0.05, 0) is 26.2 Å². The molecule has 0 bridgehead atoms. The van der Waals surface area contributed by atoms with Crippen molar-refractivity contribution in [2.24, 2.45) is 5.92 Å². The van der Waals surface area contributed by atoms with Gasteiger partial charge < -0.3 is 14.6 Å². The fraction of sp³-hybridized carbons (Fsp3) is 0.769. The molecule has 2 atom stereocenters. The van der Waals surface area contributed by atoms with Gasteiger partial charge in [-0.2, -0.15) is 0 Å². The van der Waals surface area contributed by atoms with Gasteiger partial charge in [0.15, 0.2) is 5.16 Å². The number of rotatable bonds is 4. The van der Waals surface area contributed by atoms with Crippen molar-refractivity contribution in [3.63, 3.8) is 0 Å². The molecular weight excluding hydrogens is 276 g/mol. The summed E-state index contributed by atoms with van der Waals surface area (Å²) in [5.41, 5.74) is 0. The minimum atomic E-state index is -0.282. The third kappa shape index (κ3) is 3.52. The van der Waals surface area contributed by atoms with Crippen LogP contribution in [0.25, 0.3) is 0 Å². The summed E-state index contributed by atoms with van der Waals surface area (Å²) in [6.07, 6.45) is 2.08. The number of aromatic nitrogens is 3. The molecule has 0 aromatic carbocycles. The van der Waals surface area contributed by atoms with Crippen molar-refractivity contribution in [2.45, 2.75) is 44.5 Å². The predicted molar refractivity (Wildman–Crippen MR) is 77.5 cm³/mol. The average molecular weight is 298 g/mol. The Kier molecular flexibility index (Phi) is 5.04. The van der Waals surface area contributed by atoms with Gasteiger partial charge in [-0.15, -0.1) is 10.2 Å². The average Bonchev–Trinajstić information content (AvgIpc) is 2.87. The number of aliphatic hydroxyl groups excluding tert-OH is 1. The molecule has 1 amide bonds. The largest absolute Gasteiger partial charge is 0.393 e. The molecule has 1 saturated heterocycles. The molecule has 1 aliphatic rings. The molecule has 0 radical (unpaired) electrons. The van der Waals surface area contributed by atoms with Gasteiger partial charge in [0.2, 0.25) is 5.91 Å².